The Labute approximate surface area is 465 Å². The lowest BCUT2D eigenvalue weighted by molar-refractivity contribution is 0.482. The third-order valence-corrected chi connectivity index (χ3v) is 15.7. The first-order chi connectivity index (χ1) is 39.5. The molecule has 0 radical (unpaired) electrons. The van der Waals surface area contributed by atoms with Gasteiger partial charge in [0.2, 0.25) is 7.14 Å². The zero-order valence-electron chi connectivity index (χ0n) is 43.2. The van der Waals surface area contributed by atoms with Crippen molar-refractivity contribution in [3.8, 4) is 34.5 Å². The van der Waals surface area contributed by atoms with Crippen molar-refractivity contribution in [1.82, 2.24) is 15.0 Å². The zero-order chi connectivity index (χ0) is 53.9. The fourth-order valence-electron chi connectivity index (χ4n) is 9.39. The van der Waals surface area contributed by atoms with Gasteiger partial charge < -0.3 is 18.8 Å². The second-order valence-electron chi connectivity index (χ2n) is 18.4. The lowest BCUT2D eigenvalue weighted by Gasteiger charge is -2.28. The Morgan fingerprint density at radius 3 is 0.738 bits per heavy atom. The minimum Gasteiger partial charge on any atom is -0.457 e. The summed E-state index contributed by atoms with van der Waals surface area (Å²) < 4.78 is 36.5. The number of anilines is 9. The van der Waals surface area contributed by atoms with Crippen LogP contribution in [0.2, 0.25) is 0 Å². The summed E-state index contributed by atoms with van der Waals surface area (Å²) in [6.45, 7) is 0. The molecule has 0 spiro atoms. The Kier molecular flexibility index (Phi) is 14.7. The number of aromatic nitrogens is 3. The maximum absolute atomic E-state index is 17.4. The summed E-state index contributed by atoms with van der Waals surface area (Å²) in [5, 5.41) is 0. The highest BCUT2D eigenvalue weighted by Crippen LogP contribution is 2.45. The summed E-state index contributed by atoms with van der Waals surface area (Å²) in [5.41, 5.74) is 5.65. The van der Waals surface area contributed by atoms with Gasteiger partial charge in [0.1, 0.15) is 68.3 Å². The first-order valence-corrected chi connectivity index (χ1v) is 27.8. The molecule has 0 saturated carbocycles. The third kappa shape index (κ3) is 11.2. The maximum Gasteiger partial charge on any atom is 0.223 e. The predicted octanol–water partition coefficient (Wildman–Crippen LogP) is 17.3. The van der Waals surface area contributed by atoms with Crippen LogP contribution in [0.3, 0.4) is 0 Å². The average Bonchev–Trinajstić information content (AvgIpc) is 3.53. The van der Waals surface area contributed by atoms with E-state index in [-0.39, 0.29) is 16.3 Å². The molecule has 80 heavy (non-hydrogen) atoms. The van der Waals surface area contributed by atoms with Crippen molar-refractivity contribution in [2.24, 2.45) is 0 Å². The van der Waals surface area contributed by atoms with Crippen LogP contribution in [0.4, 0.5) is 51.6 Å². The van der Waals surface area contributed by atoms with E-state index >= 15 is 4.57 Å². The Morgan fingerprint density at radius 1 is 0.237 bits per heavy atom. The van der Waals surface area contributed by atoms with Crippen molar-refractivity contribution in [2.45, 2.75) is 0 Å². The molecule has 0 aliphatic carbocycles. The summed E-state index contributed by atoms with van der Waals surface area (Å²) in [6.07, 6.45) is 0. The van der Waals surface area contributed by atoms with Crippen LogP contribution in [-0.2, 0) is 4.57 Å². The lowest BCUT2D eigenvalue weighted by atomic mass is 10.2. The Balaban J connectivity index is 1.03. The molecule has 0 aliphatic heterocycles. The summed E-state index contributed by atoms with van der Waals surface area (Å²) in [6, 6.07) is 99.4. The second-order valence-corrected chi connectivity index (χ2v) is 21.0. The summed E-state index contributed by atoms with van der Waals surface area (Å²) in [4.78, 5) is 22.4. The number of para-hydroxylation sites is 6. The van der Waals surface area contributed by atoms with Crippen molar-refractivity contribution < 1.29 is 18.8 Å². The largest absolute Gasteiger partial charge is 0.457 e. The molecule has 12 aromatic rings. The van der Waals surface area contributed by atoms with E-state index in [2.05, 4.69) is 0 Å². The number of nitrogens with zero attached hydrogens (tertiary/aromatic N) is 6. The van der Waals surface area contributed by atoms with Gasteiger partial charge in [0.15, 0.2) is 0 Å². The first-order valence-electron chi connectivity index (χ1n) is 26.1. The molecular formula is C69H51N6O4P. The fraction of sp³-hybridized carbons (Fsp3) is 0. The Morgan fingerprint density at radius 2 is 0.463 bits per heavy atom. The van der Waals surface area contributed by atoms with Gasteiger partial charge in [-0.25, -0.2) is 15.0 Å². The SMILES string of the molecule is O=P(c1cccc(N(c2ccccc2)c2cccc(Oc3ccccc3)c2)n1)(c1cccc(N(c2ccccc2)c2cccc(Oc3ccccc3)c2)n1)c1cccc(N(c2ccccc2)c2cccc(Oc3ccccc3)c2)n1. The molecule has 0 atom stereocenters. The molecule has 11 heteroatoms. The van der Waals surface area contributed by atoms with E-state index in [4.69, 9.17) is 29.2 Å². The van der Waals surface area contributed by atoms with E-state index in [0.29, 0.717) is 52.0 Å². The van der Waals surface area contributed by atoms with E-state index in [9.17, 15) is 0 Å². The van der Waals surface area contributed by atoms with Crippen LogP contribution in [-0.4, -0.2) is 15.0 Å². The van der Waals surface area contributed by atoms with Crippen LogP contribution < -0.4 is 45.2 Å². The molecule has 386 valence electrons. The van der Waals surface area contributed by atoms with Gasteiger partial charge in [0.05, 0.1) is 17.1 Å². The van der Waals surface area contributed by atoms with E-state index in [1.54, 1.807) is 0 Å². The van der Waals surface area contributed by atoms with Gasteiger partial charge in [-0.05, 0) is 146 Å². The van der Waals surface area contributed by atoms with Crippen molar-refractivity contribution in [3.63, 3.8) is 0 Å². The van der Waals surface area contributed by atoms with Crippen molar-refractivity contribution in [3.05, 3.63) is 309 Å². The molecule has 0 saturated heterocycles. The minimum atomic E-state index is -4.18. The van der Waals surface area contributed by atoms with Crippen LogP contribution in [0, 0.1) is 0 Å². The van der Waals surface area contributed by atoms with Crippen molar-refractivity contribution >= 4 is 75.0 Å². The van der Waals surface area contributed by atoms with Gasteiger partial charge in [-0.2, -0.15) is 0 Å². The van der Waals surface area contributed by atoms with Crippen molar-refractivity contribution in [2.75, 3.05) is 14.7 Å². The molecule has 0 aliphatic rings. The molecule has 10 nitrogen and oxygen atoms in total. The summed E-state index contributed by atoms with van der Waals surface area (Å²) in [5.74, 6) is 5.58. The van der Waals surface area contributed by atoms with Crippen LogP contribution >= 0.6 is 7.14 Å². The number of ether oxygens (including phenoxy) is 3. The van der Waals surface area contributed by atoms with Crippen LogP contribution in [0.1, 0.15) is 0 Å². The highest BCUT2D eigenvalue weighted by atomic mass is 31.2. The molecule has 0 bridgehead atoms. The molecule has 12 rings (SSSR count). The second kappa shape index (κ2) is 23.4. The quantitative estimate of drug-likeness (QED) is 0.0774. The normalized spacial score (nSPS) is 11.1. The molecule has 0 fully saturated rings. The van der Waals surface area contributed by atoms with Crippen molar-refractivity contribution in [1.29, 1.82) is 0 Å². The van der Waals surface area contributed by atoms with E-state index in [0.717, 1.165) is 34.1 Å². The average molecular weight is 1060 g/mol. The number of hydrogen-bond donors (Lipinski definition) is 0. The smallest absolute Gasteiger partial charge is 0.223 e. The molecular weight excluding hydrogens is 1010 g/mol. The summed E-state index contributed by atoms with van der Waals surface area (Å²) >= 11 is 0. The van der Waals surface area contributed by atoms with Crippen LogP contribution in [0.5, 0.6) is 34.5 Å². The van der Waals surface area contributed by atoms with E-state index in [1.807, 2.05) is 324 Å². The van der Waals surface area contributed by atoms with E-state index in [1.165, 1.54) is 0 Å². The molecule has 9 aromatic carbocycles. The molecule has 0 amide bonds. The Hall–Kier alpha value is -10.5. The lowest BCUT2D eigenvalue weighted by Crippen LogP contribution is -2.32. The number of pyridine rings is 3. The minimum absolute atomic E-state index is 0.274. The molecule has 3 heterocycles. The van der Waals surface area contributed by atoms with Crippen LogP contribution in [0.25, 0.3) is 0 Å². The number of hydrogen-bond acceptors (Lipinski definition) is 10. The van der Waals surface area contributed by atoms with Gasteiger partial charge in [-0.15, -0.1) is 0 Å². The third-order valence-electron chi connectivity index (χ3n) is 13.0. The van der Waals surface area contributed by atoms with Gasteiger partial charge in [-0.1, -0.05) is 146 Å². The highest BCUT2D eigenvalue weighted by molar-refractivity contribution is 7.84. The number of rotatable bonds is 18. The topological polar surface area (TPSA) is 93.2 Å². The van der Waals surface area contributed by atoms with E-state index < -0.39 is 7.14 Å². The standard InChI is InChI=1S/C69H51N6O4P/c76-80(67-46-22-43-64(70-67)73(52-25-7-1-8-26-52)55-31-19-40-61(49-55)77-58-34-13-4-14-35-58,68-47-23-44-65(71-68)74(53-27-9-2-10-28-53)56-32-20-41-62(50-56)78-59-36-15-5-16-37-59)69-48-24-45-66(72-69)75(54-29-11-3-12-30-54)57-33-21-42-63(51-57)79-60-38-17-6-18-39-60/h1-51H. The predicted molar refractivity (Wildman–Crippen MR) is 323 cm³/mol. The van der Waals surface area contributed by atoms with Gasteiger partial charge >= 0.3 is 0 Å². The zero-order valence-corrected chi connectivity index (χ0v) is 44.1. The highest BCUT2D eigenvalue weighted by Gasteiger charge is 2.37. The van der Waals surface area contributed by atoms with Gasteiger partial charge in [0.25, 0.3) is 0 Å². The van der Waals surface area contributed by atoms with Gasteiger partial charge in [-0.3, -0.25) is 14.7 Å². The van der Waals surface area contributed by atoms with Crippen LogP contribution in [0.15, 0.2) is 309 Å². The molecule has 0 unspecified atom stereocenters. The molecule has 3 aromatic heterocycles. The first kappa shape index (κ1) is 50.3. The Bertz CT molecular complexity index is 3630. The fourth-order valence-corrected chi connectivity index (χ4v) is 11.7. The number of benzene rings is 9. The monoisotopic (exact) mass is 1060 g/mol. The molecule has 0 N–H and O–H groups in total. The summed E-state index contributed by atoms with van der Waals surface area (Å²) in [7, 11) is -4.18. The van der Waals surface area contributed by atoms with Gasteiger partial charge in [0, 0.05) is 35.3 Å². The maximum atomic E-state index is 17.4.